The number of aromatic carboxylic acids is 1. The molecular formula is C28H30F3N3O6S. The van der Waals surface area contributed by atoms with Gasteiger partial charge >= 0.3 is 18.1 Å². The fraction of sp³-hybridized carbons (Fsp3) is 0.286. The van der Waals surface area contributed by atoms with Gasteiger partial charge in [0.05, 0.1) is 16.1 Å². The summed E-state index contributed by atoms with van der Waals surface area (Å²) in [4.78, 5) is 25.5. The summed E-state index contributed by atoms with van der Waals surface area (Å²) in [5, 5.41) is 17.0. The maximum atomic E-state index is 13.2. The third kappa shape index (κ3) is 7.91. The van der Waals surface area contributed by atoms with Crippen LogP contribution in [0.2, 0.25) is 0 Å². The lowest BCUT2D eigenvalue weighted by Crippen LogP contribution is -2.46. The normalized spacial score (nSPS) is 13.7. The zero-order valence-corrected chi connectivity index (χ0v) is 23.4. The van der Waals surface area contributed by atoms with E-state index in [0.29, 0.717) is 11.1 Å². The molecule has 1 saturated heterocycles. The Morgan fingerprint density at radius 1 is 0.805 bits per heavy atom. The number of piperazine rings is 1. The molecule has 1 heterocycles. The van der Waals surface area contributed by atoms with Gasteiger partial charge in [0.25, 0.3) is 10.0 Å². The zero-order chi connectivity index (χ0) is 30.5. The highest BCUT2D eigenvalue weighted by molar-refractivity contribution is 7.92. The molecular weight excluding hydrogens is 563 g/mol. The first-order chi connectivity index (χ1) is 19.1. The molecule has 0 bridgehead atoms. The molecule has 4 rings (SSSR count). The number of para-hydroxylation sites is 1. The van der Waals surface area contributed by atoms with Crippen molar-refractivity contribution in [2.45, 2.75) is 31.8 Å². The maximum absolute atomic E-state index is 13.2. The number of carbonyl (C=O) groups is 2. The van der Waals surface area contributed by atoms with Crippen LogP contribution in [0.5, 0.6) is 0 Å². The number of carboxylic acids is 2. The van der Waals surface area contributed by atoms with Crippen LogP contribution in [-0.2, 0) is 14.8 Å². The van der Waals surface area contributed by atoms with Crippen LogP contribution in [0.25, 0.3) is 0 Å². The topological polar surface area (TPSA) is 127 Å². The van der Waals surface area contributed by atoms with Gasteiger partial charge in [-0.25, -0.2) is 18.0 Å². The number of hydrogen-bond acceptors (Lipinski definition) is 6. The predicted octanol–water partition coefficient (Wildman–Crippen LogP) is 5.07. The number of benzene rings is 3. The lowest BCUT2D eigenvalue weighted by Gasteiger charge is -2.37. The van der Waals surface area contributed by atoms with E-state index in [0.717, 1.165) is 37.4 Å². The van der Waals surface area contributed by atoms with Gasteiger partial charge < -0.3 is 20.0 Å². The lowest BCUT2D eigenvalue weighted by molar-refractivity contribution is -0.192. The molecule has 1 aliphatic heterocycles. The third-order valence-corrected chi connectivity index (χ3v) is 8.03. The molecule has 0 aromatic heterocycles. The fourth-order valence-corrected chi connectivity index (χ4v) is 6.18. The van der Waals surface area contributed by atoms with E-state index in [4.69, 9.17) is 9.90 Å². The molecule has 9 nitrogen and oxygen atoms in total. The number of rotatable bonds is 6. The minimum Gasteiger partial charge on any atom is -0.478 e. The highest BCUT2D eigenvalue weighted by Crippen LogP contribution is 2.29. The first-order valence-corrected chi connectivity index (χ1v) is 13.9. The number of carboxylic acid groups (broad SMARTS) is 2. The molecule has 1 aliphatic rings. The Morgan fingerprint density at radius 3 is 1.76 bits per heavy atom. The van der Waals surface area contributed by atoms with E-state index in [-0.39, 0.29) is 16.1 Å². The van der Waals surface area contributed by atoms with E-state index in [2.05, 4.69) is 26.7 Å². The van der Waals surface area contributed by atoms with Crippen molar-refractivity contribution in [3.05, 3.63) is 82.9 Å². The zero-order valence-electron chi connectivity index (χ0n) is 22.6. The standard InChI is InChI=1S/C26H29N3O4S.C2HF3O2/c1-18-15-19(2)25(20(3)16-18)34(32,33)27-24-10-9-22(17-23(24)26(30)31)29-13-11-28(12-14-29)21-7-5-4-6-8-21;3-2(4,5)1(6)7/h4-10,15-17,27H,11-14H2,1-3H3,(H,30,31);(H,6,7). The first-order valence-electron chi connectivity index (χ1n) is 12.4. The van der Waals surface area contributed by atoms with E-state index in [1.807, 2.05) is 25.1 Å². The number of nitrogens with zero attached hydrogens (tertiary/aromatic N) is 2. The van der Waals surface area contributed by atoms with Crippen LogP contribution in [0.15, 0.2) is 65.6 Å². The summed E-state index contributed by atoms with van der Waals surface area (Å²) < 4.78 is 60.6. The van der Waals surface area contributed by atoms with Crippen LogP contribution < -0.4 is 14.5 Å². The molecule has 0 amide bonds. The van der Waals surface area contributed by atoms with Gasteiger partial charge in [0.15, 0.2) is 0 Å². The van der Waals surface area contributed by atoms with Gasteiger partial charge in [0.1, 0.15) is 0 Å². The van der Waals surface area contributed by atoms with E-state index < -0.39 is 28.1 Å². The fourth-order valence-electron chi connectivity index (χ4n) is 4.64. The smallest absolute Gasteiger partial charge is 0.478 e. The quantitative estimate of drug-likeness (QED) is 0.362. The summed E-state index contributed by atoms with van der Waals surface area (Å²) in [5.74, 6) is -3.94. The highest BCUT2D eigenvalue weighted by atomic mass is 32.2. The number of aliphatic carboxylic acids is 1. The molecule has 3 N–H and O–H groups in total. The predicted molar refractivity (Wildman–Crippen MR) is 149 cm³/mol. The van der Waals surface area contributed by atoms with Crippen LogP contribution in [0.4, 0.5) is 30.2 Å². The number of alkyl halides is 3. The van der Waals surface area contributed by atoms with Crippen LogP contribution in [-0.4, -0.2) is 62.9 Å². The molecule has 0 spiro atoms. The Labute approximate surface area is 235 Å². The van der Waals surface area contributed by atoms with Gasteiger partial charge in [0, 0.05) is 37.6 Å². The summed E-state index contributed by atoms with van der Waals surface area (Å²) in [7, 11) is -3.96. The molecule has 0 saturated carbocycles. The highest BCUT2D eigenvalue weighted by Gasteiger charge is 2.38. The molecule has 0 atom stereocenters. The van der Waals surface area contributed by atoms with Gasteiger partial charge in [-0.05, 0) is 62.2 Å². The van der Waals surface area contributed by atoms with Crippen molar-refractivity contribution >= 4 is 39.0 Å². The molecule has 13 heteroatoms. The number of anilines is 3. The van der Waals surface area contributed by atoms with Gasteiger partial charge in [-0.3, -0.25) is 4.72 Å². The van der Waals surface area contributed by atoms with Crippen molar-refractivity contribution in [1.29, 1.82) is 0 Å². The average Bonchev–Trinajstić information content (AvgIpc) is 2.88. The third-order valence-electron chi connectivity index (χ3n) is 6.36. The second-order valence-corrected chi connectivity index (χ2v) is 11.1. The summed E-state index contributed by atoms with van der Waals surface area (Å²) in [6.45, 7) is 8.49. The van der Waals surface area contributed by atoms with Crippen molar-refractivity contribution in [2.24, 2.45) is 0 Å². The Morgan fingerprint density at radius 2 is 1.29 bits per heavy atom. The number of sulfonamides is 1. The van der Waals surface area contributed by atoms with Crippen LogP contribution in [0, 0.1) is 20.8 Å². The summed E-state index contributed by atoms with van der Waals surface area (Å²) in [5.41, 5.74) is 4.12. The molecule has 3 aromatic carbocycles. The minimum absolute atomic E-state index is 0.0542. The van der Waals surface area contributed by atoms with Crippen molar-refractivity contribution in [3.8, 4) is 0 Å². The minimum atomic E-state index is -5.08. The van der Waals surface area contributed by atoms with E-state index in [9.17, 15) is 31.5 Å². The summed E-state index contributed by atoms with van der Waals surface area (Å²) >= 11 is 0. The molecule has 0 aliphatic carbocycles. The van der Waals surface area contributed by atoms with Crippen LogP contribution >= 0.6 is 0 Å². The number of hydrogen-bond donors (Lipinski definition) is 3. The average molecular weight is 594 g/mol. The van der Waals surface area contributed by atoms with Crippen molar-refractivity contribution in [1.82, 2.24) is 0 Å². The van der Waals surface area contributed by atoms with Crippen LogP contribution in [0.3, 0.4) is 0 Å². The van der Waals surface area contributed by atoms with Gasteiger partial charge in [-0.15, -0.1) is 0 Å². The number of aryl methyl sites for hydroxylation is 3. The molecule has 1 fully saturated rings. The van der Waals surface area contributed by atoms with Crippen molar-refractivity contribution in [2.75, 3.05) is 40.7 Å². The second-order valence-electron chi connectivity index (χ2n) is 9.48. The Balaban J connectivity index is 0.000000587. The molecule has 0 unspecified atom stereocenters. The maximum Gasteiger partial charge on any atom is 0.490 e. The van der Waals surface area contributed by atoms with Gasteiger partial charge in [-0.2, -0.15) is 13.2 Å². The number of nitrogens with one attached hydrogen (secondary N) is 1. The Bertz CT molecular complexity index is 1500. The monoisotopic (exact) mass is 593 g/mol. The molecule has 0 radical (unpaired) electrons. The molecule has 220 valence electrons. The van der Waals surface area contributed by atoms with Crippen LogP contribution in [0.1, 0.15) is 27.0 Å². The van der Waals surface area contributed by atoms with Gasteiger partial charge in [0.2, 0.25) is 0 Å². The van der Waals surface area contributed by atoms with E-state index in [1.165, 1.54) is 5.69 Å². The largest absolute Gasteiger partial charge is 0.490 e. The number of halogens is 3. The SMILES string of the molecule is Cc1cc(C)c(S(=O)(=O)Nc2ccc(N3CCN(c4ccccc4)CC3)cc2C(=O)O)c(C)c1.O=C(O)C(F)(F)F. The van der Waals surface area contributed by atoms with E-state index in [1.54, 1.807) is 44.2 Å². The lowest BCUT2D eigenvalue weighted by atomic mass is 10.1. The van der Waals surface area contributed by atoms with Crippen molar-refractivity contribution in [3.63, 3.8) is 0 Å². The molecule has 3 aromatic rings. The van der Waals surface area contributed by atoms with E-state index >= 15 is 0 Å². The Kier molecular flexibility index (Phi) is 9.53. The second kappa shape index (κ2) is 12.5. The molecule has 41 heavy (non-hydrogen) atoms. The van der Waals surface area contributed by atoms with Crippen molar-refractivity contribution < 1.29 is 41.4 Å². The first kappa shape index (κ1) is 31.3. The summed E-state index contributed by atoms with van der Waals surface area (Å²) in [6, 6.07) is 18.6. The van der Waals surface area contributed by atoms with Gasteiger partial charge in [-0.1, -0.05) is 35.9 Å². The summed E-state index contributed by atoms with van der Waals surface area (Å²) in [6.07, 6.45) is -5.08. The Hall–Kier alpha value is -4.26.